The minimum absolute atomic E-state index is 0.174. The Morgan fingerprint density at radius 1 is 1.44 bits per heavy atom. The zero-order chi connectivity index (χ0) is 11.5. The first-order valence-electron chi connectivity index (χ1n) is 4.98. The van der Waals surface area contributed by atoms with Crippen LogP contribution in [0.25, 0.3) is 10.6 Å². The molecule has 1 aromatic heterocycles. The second-order valence-corrected chi connectivity index (χ2v) is 5.28. The van der Waals surface area contributed by atoms with Crippen molar-refractivity contribution in [3.63, 3.8) is 0 Å². The van der Waals surface area contributed by atoms with Gasteiger partial charge in [-0.1, -0.05) is 23.5 Å². The molecule has 5 heteroatoms. The lowest BCUT2D eigenvalue weighted by Crippen LogP contribution is -2.05. The van der Waals surface area contributed by atoms with Gasteiger partial charge in [-0.3, -0.25) is 5.10 Å². The molecule has 0 saturated carbocycles. The van der Waals surface area contributed by atoms with Gasteiger partial charge in [0, 0.05) is 5.56 Å². The first kappa shape index (κ1) is 11.3. The number of rotatable bonds is 3. The summed E-state index contributed by atoms with van der Waals surface area (Å²) >= 11 is 6.47. The smallest absolute Gasteiger partial charge is 0.176 e. The van der Waals surface area contributed by atoms with E-state index in [4.69, 9.17) is 17.0 Å². The monoisotopic (exact) mass is 252 g/mol. The molecule has 0 unspecified atom stereocenters. The SMILES string of the molecule is CC(C)Oc1cccc(-c2n[nH]c(=S)s2)c1. The Morgan fingerprint density at radius 2 is 2.25 bits per heavy atom. The number of hydrogen-bond donors (Lipinski definition) is 1. The predicted molar refractivity (Wildman–Crippen MR) is 68.5 cm³/mol. The lowest BCUT2D eigenvalue weighted by molar-refractivity contribution is 0.242. The van der Waals surface area contributed by atoms with Crippen molar-refractivity contribution in [1.82, 2.24) is 10.2 Å². The zero-order valence-electron chi connectivity index (χ0n) is 9.06. The maximum atomic E-state index is 5.62. The summed E-state index contributed by atoms with van der Waals surface area (Å²) in [4.78, 5) is 0. The second kappa shape index (κ2) is 4.76. The molecule has 3 nitrogen and oxygen atoms in total. The number of hydrogen-bond acceptors (Lipinski definition) is 4. The van der Waals surface area contributed by atoms with Crippen LogP contribution in [-0.2, 0) is 0 Å². The normalized spacial score (nSPS) is 10.7. The fraction of sp³-hybridized carbons (Fsp3) is 0.273. The first-order chi connectivity index (χ1) is 7.65. The number of aromatic amines is 1. The van der Waals surface area contributed by atoms with Crippen molar-refractivity contribution in [3.05, 3.63) is 28.2 Å². The Balaban J connectivity index is 2.32. The molecule has 84 valence electrons. The van der Waals surface area contributed by atoms with Crippen LogP contribution in [-0.4, -0.2) is 16.3 Å². The largest absolute Gasteiger partial charge is 0.491 e. The summed E-state index contributed by atoms with van der Waals surface area (Å²) in [5, 5.41) is 7.80. The van der Waals surface area contributed by atoms with E-state index >= 15 is 0 Å². The molecule has 0 aliphatic heterocycles. The summed E-state index contributed by atoms with van der Waals surface area (Å²) in [5.41, 5.74) is 1.02. The molecule has 0 fully saturated rings. The van der Waals surface area contributed by atoms with E-state index in [1.165, 1.54) is 11.3 Å². The maximum Gasteiger partial charge on any atom is 0.176 e. The van der Waals surface area contributed by atoms with Crippen LogP contribution < -0.4 is 4.74 Å². The van der Waals surface area contributed by atoms with Gasteiger partial charge < -0.3 is 4.74 Å². The van der Waals surface area contributed by atoms with Crippen LogP contribution in [0, 0.1) is 3.95 Å². The van der Waals surface area contributed by atoms with E-state index in [0.29, 0.717) is 3.95 Å². The van der Waals surface area contributed by atoms with Gasteiger partial charge in [0.2, 0.25) is 0 Å². The molecule has 1 heterocycles. The average molecular weight is 252 g/mol. The van der Waals surface area contributed by atoms with Crippen LogP contribution in [0.1, 0.15) is 13.8 Å². The van der Waals surface area contributed by atoms with E-state index in [-0.39, 0.29) is 6.10 Å². The van der Waals surface area contributed by atoms with Gasteiger partial charge in [0.15, 0.2) is 3.95 Å². The molecular weight excluding hydrogens is 240 g/mol. The molecule has 0 saturated heterocycles. The van der Waals surface area contributed by atoms with Crippen LogP contribution in [0.4, 0.5) is 0 Å². The maximum absolute atomic E-state index is 5.62. The standard InChI is InChI=1S/C11H12N2OS2/c1-7(2)14-9-5-3-4-8(6-9)10-12-13-11(15)16-10/h3-7H,1-2H3,(H,13,15). The third-order valence-corrected chi connectivity index (χ3v) is 3.03. The third kappa shape index (κ3) is 2.68. The number of nitrogens with zero attached hydrogens (tertiary/aromatic N) is 1. The number of ether oxygens (including phenoxy) is 1. The molecule has 0 atom stereocenters. The lowest BCUT2D eigenvalue weighted by Gasteiger charge is -2.09. The van der Waals surface area contributed by atoms with Crippen molar-refractivity contribution >= 4 is 23.6 Å². The topological polar surface area (TPSA) is 37.9 Å². The highest BCUT2D eigenvalue weighted by Crippen LogP contribution is 2.25. The molecule has 0 amide bonds. The van der Waals surface area contributed by atoms with Crippen molar-refractivity contribution in [2.45, 2.75) is 20.0 Å². The van der Waals surface area contributed by atoms with Gasteiger partial charge in [0.1, 0.15) is 10.8 Å². The van der Waals surface area contributed by atoms with Gasteiger partial charge in [-0.2, -0.15) is 5.10 Å². The molecule has 1 aromatic carbocycles. The van der Waals surface area contributed by atoms with Crippen molar-refractivity contribution in [2.24, 2.45) is 0 Å². The number of H-pyrrole nitrogens is 1. The third-order valence-electron chi connectivity index (χ3n) is 1.89. The van der Waals surface area contributed by atoms with Crippen LogP contribution in [0.2, 0.25) is 0 Å². The fourth-order valence-corrected chi connectivity index (χ4v) is 2.21. The van der Waals surface area contributed by atoms with Crippen LogP contribution in [0.3, 0.4) is 0 Å². The molecule has 0 aliphatic carbocycles. The van der Waals surface area contributed by atoms with Gasteiger partial charge in [0.05, 0.1) is 6.10 Å². The second-order valence-electron chi connectivity index (χ2n) is 3.61. The Hall–Kier alpha value is -1.20. The highest BCUT2D eigenvalue weighted by Gasteiger charge is 2.04. The Kier molecular flexibility index (Phi) is 3.36. The molecule has 0 spiro atoms. The molecule has 1 N–H and O–H groups in total. The van der Waals surface area contributed by atoms with Crippen molar-refractivity contribution in [2.75, 3.05) is 0 Å². The summed E-state index contributed by atoms with van der Waals surface area (Å²) in [7, 11) is 0. The van der Waals surface area contributed by atoms with E-state index in [0.717, 1.165) is 16.3 Å². The minimum Gasteiger partial charge on any atom is -0.491 e. The Morgan fingerprint density at radius 3 is 2.88 bits per heavy atom. The van der Waals surface area contributed by atoms with E-state index in [9.17, 15) is 0 Å². The van der Waals surface area contributed by atoms with Gasteiger partial charge in [-0.15, -0.1) is 0 Å². The van der Waals surface area contributed by atoms with Crippen LogP contribution >= 0.6 is 23.6 Å². The van der Waals surface area contributed by atoms with Crippen LogP contribution in [0.15, 0.2) is 24.3 Å². The molecule has 16 heavy (non-hydrogen) atoms. The van der Waals surface area contributed by atoms with E-state index < -0.39 is 0 Å². The summed E-state index contributed by atoms with van der Waals surface area (Å²) in [6.45, 7) is 4.01. The van der Waals surface area contributed by atoms with E-state index in [1.807, 2.05) is 38.1 Å². The summed E-state index contributed by atoms with van der Waals surface area (Å²) < 4.78 is 6.31. The summed E-state index contributed by atoms with van der Waals surface area (Å²) in [6, 6.07) is 7.86. The quantitative estimate of drug-likeness (QED) is 0.847. The molecule has 2 rings (SSSR count). The van der Waals surface area contributed by atoms with Crippen LogP contribution in [0.5, 0.6) is 5.75 Å². The van der Waals surface area contributed by atoms with E-state index in [1.54, 1.807) is 0 Å². The summed E-state index contributed by atoms with van der Waals surface area (Å²) in [5.74, 6) is 0.855. The zero-order valence-corrected chi connectivity index (χ0v) is 10.7. The first-order valence-corrected chi connectivity index (χ1v) is 6.20. The Bertz CT molecular complexity index is 531. The van der Waals surface area contributed by atoms with Crippen molar-refractivity contribution < 1.29 is 4.74 Å². The molecule has 0 aliphatic rings. The number of benzene rings is 1. The average Bonchev–Trinajstić information content (AvgIpc) is 2.64. The lowest BCUT2D eigenvalue weighted by atomic mass is 10.2. The van der Waals surface area contributed by atoms with Gasteiger partial charge in [-0.25, -0.2) is 0 Å². The highest BCUT2D eigenvalue weighted by atomic mass is 32.1. The Labute approximate surface area is 103 Å². The minimum atomic E-state index is 0.174. The molecule has 0 radical (unpaired) electrons. The van der Waals surface area contributed by atoms with Crippen molar-refractivity contribution in [1.29, 1.82) is 0 Å². The van der Waals surface area contributed by atoms with E-state index in [2.05, 4.69) is 10.2 Å². The number of nitrogens with one attached hydrogen (secondary N) is 1. The highest BCUT2D eigenvalue weighted by molar-refractivity contribution is 7.73. The fourth-order valence-electron chi connectivity index (χ4n) is 1.33. The molecular formula is C11H12N2OS2. The van der Waals surface area contributed by atoms with Gasteiger partial charge in [-0.05, 0) is 38.2 Å². The molecule has 0 bridgehead atoms. The molecule has 2 aromatic rings. The summed E-state index contributed by atoms with van der Waals surface area (Å²) in [6.07, 6.45) is 0.174. The predicted octanol–water partition coefficient (Wildman–Crippen LogP) is 3.65. The van der Waals surface area contributed by atoms with Gasteiger partial charge >= 0.3 is 0 Å². The van der Waals surface area contributed by atoms with Crippen molar-refractivity contribution in [3.8, 4) is 16.3 Å². The van der Waals surface area contributed by atoms with Gasteiger partial charge in [0.25, 0.3) is 0 Å². The number of aromatic nitrogens is 2.